The summed E-state index contributed by atoms with van der Waals surface area (Å²) in [6.07, 6.45) is 11.7. The molecule has 0 atom stereocenters. The van der Waals surface area contributed by atoms with Gasteiger partial charge in [-0.05, 0) is 112 Å². The fourth-order valence-corrected chi connectivity index (χ4v) is 4.77. The molecule has 5 rings (SSSR count). The maximum atomic E-state index is 14.1. The molecule has 39 heavy (non-hydrogen) atoms. The van der Waals surface area contributed by atoms with Gasteiger partial charge in [0, 0.05) is 40.3 Å². The van der Waals surface area contributed by atoms with E-state index in [4.69, 9.17) is 0 Å². The quantitative estimate of drug-likeness (QED) is 0.293. The van der Waals surface area contributed by atoms with E-state index >= 15 is 0 Å². The molecule has 0 bridgehead atoms. The molecule has 0 radical (unpaired) electrons. The number of benzene rings is 1. The Kier molecular flexibility index (Phi) is 7.52. The molecule has 6 nitrogen and oxygen atoms in total. The number of aromatic nitrogens is 5. The second-order valence-electron chi connectivity index (χ2n) is 10.3. The number of nitrogens with one attached hydrogen (secondary N) is 2. The normalized spacial score (nSPS) is 12.7. The average molecular weight is 521 g/mol. The Morgan fingerprint density at radius 3 is 2.74 bits per heavy atom. The van der Waals surface area contributed by atoms with Crippen molar-refractivity contribution in [3.8, 4) is 22.6 Å². The fraction of sp³-hybridized carbons (Fsp3) is 0.219. The number of aryl methyl sites for hydroxylation is 2. The lowest BCUT2D eigenvalue weighted by molar-refractivity contribution is 0.400. The van der Waals surface area contributed by atoms with E-state index < -0.39 is 0 Å². The van der Waals surface area contributed by atoms with Gasteiger partial charge in [0.2, 0.25) is 0 Å². The van der Waals surface area contributed by atoms with Crippen LogP contribution in [-0.2, 0) is 6.42 Å². The zero-order valence-electron chi connectivity index (χ0n) is 22.8. The summed E-state index contributed by atoms with van der Waals surface area (Å²) < 4.78 is 14.1. The van der Waals surface area contributed by atoms with Gasteiger partial charge in [0.15, 0.2) is 0 Å². The highest BCUT2D eigenvalue weighted by atomic mass is 19.1. The average Bonchev–Trinajstić information content (AvgIpc) is 3.49. The first-order valence-corrected chi connectivity index (χ1v) is 13.0. The smallest absolute Gasteiger partial charge is 0.124 e. The van der Waals surface area contributed by atoms with Crippen molar-refractivity contribution >= 4 is 29.1 Å². The SMILES string of the molecule is C=c1c(-c2cc3c(-c4cc(C)cc(F)c4)nccc3[nH]2)n[nH]/c1=C/C=C(\C)c1cncc(CCCN(C)C)c1. The number of halogens is 1. The summed E-state index contributed by atoms with van der Waals surface area (Å²) in [4.78, 5) is 14.6. The number of allylic oxidation sites excluding steroid dienone is 2. The first kappa shape index (κ1) is 26.3. The highest BCUT2D eigenvalue weighted by Gasteiger charge is 2.13. The standard InChI is InChI=1S/C32H33FN6/c1-20-13-24(16-26(33)14-20)32-27-17-30(36-29(27)10-11-35-32)31-22(3)28(37-38-31)9-8-21(2)25-15-23(18-34-19-25)7-6-12-39(4)5/h8-11,13-19,36-37H,3,6-7,12H2,1-2,4-5H3/b21-8+,28-9+. The van der Waals surface area contributed by atoms with Crippen molar-refractivity contribution in [1.82, 2.24) is 30.0 Å². The van der Waals surface area contributed by atoms with Crippen LogP contribution < -0.4 is 10.6 Å². The van der Waals surface area contributed by atoms with Crippen LogP contribution in [0.2, 0.25) is 0 Å². The minimum absolute atomic E-state index is 0.276. The van der Waals surface area contributed by atoms with Gasteiger partial charge in [-0.2, -0.15) is 5.10 Å². The van der Waals surface area contributed by atoms with Crippen molar-refractivity contribution in [1.29, 1.82) is 0 Å². The molecule has 7 heteroatoms. The van der Waals surface area contributed by atoms with Crippen LogP contribution in [0.4, 0.5) is 4.39 Å². The predicted molar refractivity (Wildman–Crippen MR) is 158 cm³/mol. The molecule has 5 aromatic rings. The van der Waals surface area contributed by atoms with Crippen LogP contribution >= 0.6 is 0 Å². The van der Waals surface area contributed by atoms with E-state index in [0.717, 1.165) is 80.2 Å². The summed E-state index contributed by atoms with van der Waals surface area (Å²) in [5, 5.41) is 10.2. The number of hydrogen-bond acceptors (Lipinski definition) is 4. The maximum Gasteiger partial charge on any atom is 0.124 e. The Bertz CT molecular complexity index is 1760. The molecule has 2 N–H and O–H groups in total. The Labute approximate surface area is 227 Å². The molecular formula is C32H33FN6. The zero-order chi connectivity index (χ0) is 27.5. The van der Waals surface area contributed by atoms with E-state index in [-0.39, 0.29) is 5.82 Å². The van der Waals surface area contributed by atoms with Gasteiger partial charge >= 0.3 is 0 Å². The van der Waals surface area contributed by atoms with Crippen LogP contribution in [0, 0.1) is 12.7 Å². The van der Waals surface area contributed by atoms with Gasteiger partial charge in [-0.3, -0.25) is 15.1 Å². The largest absolute Gasteiger partial charge is 0.353 e. The van der Waals surface area contributed by atoms with Gasteiger partial charge in [-0.15, -0.1) is 0 Å². The summed E-state index contributed by atoms with van der Waals surface area (Å²) in [6, 6.07) is 11.1. The molecule has 0 saturated carbocycles. The molecule has 0 spiro atoms. The van der Waals surface area contributed by atoms with Gasteiger partial charge < -0.3 is 9.88 Å². The molecule has 0 aliphatic heterocycles. The highest BCUT2D eigenvalue weighted by Crippen LogP contribution is 2.30. The summed E-state index contributed by atoms with van der Waals surface area (Å²) in [5.41, 5.74) is 8.22. The van der Waals surface area contributed by atoms with Gasteiger partial charge in [-0.25, -0.2) is 4.39 Å². The van der Waals surface area contributed by atoms with Crippen molar-refractivity contribution in [3.63, 3.8) is 0 Å². The maximum absolute atomic E-state index is 14.1. The summed E-state index contributed by atoms with van der Waals surface area (Å²) >= 11 is 0. The number of aromatic amines is 2. The van der Waals surface area contributed by atoms with Crippen molar-refractivity contribution in [2.75, 3.05) is 20.6 Å². The number of H-pyrrole nitrogens is 2. The first-order valence-electron chi connectivity index (χ1n) is 13.0. The third-order valence-electron chi connectivity index (χ3n) is 6.84. The van der Waals surface area contributed by atoms with Crippen LogP contribution in [-0.4, -0.2) is 50.7 Å². The molecule has 198 valence electrons. The van der Waals surface area contributed by atoms with Gasteiger partial charge in [-0.1, -0.05) is 12.7 Å². The minimum atomic E-state index is -0.276. The van der Waals surface area contributed by atoms with Crippen molar-refractivity contribution in [2.24, 2.45) is 0 Å². The van der Waals surface area contributed by atoms with E-state index in [1.165, 1.54) is 17.7 Å². The molecule has 0 fully saturated rings. The Morgan fingerprint density at radius 1 is 1.10 bits per heavy atom. The van der Waals surface area contributed by atoms with Crippen molar-refractivity contribution in [3.05, 3.63) is 94.1 Å². The van der Waals surface area contributed by atoms with Gasteiger partial charge in [0.1, 0.15) is 11.5 Å². The lowest BCUT2D eigenvalue weighted by Gasteiger charge is -2.09. The second kappa shape index (κ2) is 11.2. The van der Waals surface area contributed by atoms with E-state index in [2.05, 4.69) is 69.8 Å². The Morgan fingerprint density at radius 2 is 1.95 bits per heavy atom. The topological polar surface area (TPSA) is 73.5 Å². The van der Waals surface area contributed by atoms with E-state index in [0.29, 0.717) is 0 Å². The molecule has 0 aliphatic rings. The molecule has 4 aromatic heterocycles. The van der Waals surface area contributed by atoms with Crippen LogP contribution in [0.25, 0.3) is 51.8 Å². The van der Waals surface area contributed by atoms with Gasteiger partial charge in [0.25, 0.3) is 0 Å². The fourth-order valence-electron chi connectivity index (χ4n) is 4.77. The van der Waals surface area contributed by atoms with Crippen molar-refractivity contribution < 1.29 is 4.39 Å². The molecule has 0 unspecified atom stereocenters. The van der Waals surface area contributed by atoms with E-state index in [9.17, 15) is 4.39 Å². The second-order valence-corrected chi connectivity index (χ2v) is 10.3. The van der Waals surface area contributed by atoms with Crippen LogP contribution in [0.3, 0.4) is 0 Å². The lowest BCUT2D eigenvalue weighted by atomic mass is 10.0. The molecule has 0 amide bonds. The number of hydrogen-bond donors (Lipinski definition) is 2. The minimum Gasteiger partial charge on any atom is -0.353 e. The van der Waals surface area contributed by atoms with Crippen LogP contribution in [0.15, 0.2) is 61.1 Å². The molecule has 1 aromatic carbocycles. The third-order valence-corrected chi connectivity index (χ3v) is 6.84. The predicted octanol–water partition coefficient (Wildman–Crippen LogP) is 5.25. The van der Waals surface area contributed by atoms with E-state index in [1.54, 1.807) is 6.20 Å². The first-order chi connectivity index (χ1) is 18.8. The number of pyridine rings is 2. The molecule has 0 aliphatic carbocycles. The number of nitrogens with zero attached hydrogens (tertiary/aromatic N) is 4. The third kappa shape index (κ3) is 5.89. The van der Waals surface area contributed by atoms with Crippen LogP contribution in [0.1, 0.15) is 30.0 Å². The molecule has 0 saturated heterocycles. The molecular weight excluding hydrogens is 487 g/mol. The zero-order valence-corrected chi connectivity index (χ0v) is 22.8. The monoisotopic (exact) mass is 520 g/mol. The van der Waals surface area contributed by atoms with Gasteiger partial charge in [0.05, 0.1) is 16.7 Å². The summed E-state index contributed by atoms with van der Waals surface area (Å²) in [6.45, 7) is 9.30. The summed E-state index contributed by atoms with van der Waals surface area (Å²) in [7, 11) is 4.19. The van der Waals surface area contributed by atoms with E-state index in [1.807, 2.05) is 43.6 Å². The van der Waals surface area contributed by atoms with Crippen molar-refractivity contribution in [2.45, 2.75) is 26.7 Å². The number of fused-ring (bicyclic) bond motifs is 1. The molecule has 4 heterocycles. The Balaban J connectivity index is 1.43. The Hall–Kier alpha value is -4.36. The highest BCUT2D eigenvalue weighted by molar-refractivity contribution is 5.96. The lowest BCUT2D eigenvalue weighted by Crippen LogP contribution is -2.21. The van der Waals surface area contributed by atoms with Crippen LogP contribution in [0.5, 0.6) is 0 Å². The summed E-state index contributed by atoms with van der Waals surface area (Å²) in [5.74, 6) is -0.276. The number of rotatable bonds is 8.